The third kappa shape index (κ3) is 13.2. The summed E-state index contributed by atoms with van der Waals surface area (Å²) in [7, 11) is 0. The van der Waals surface area contributed by atoms with Crippen LogP contribution in [0, 0.1) is 0 Å². The van der Waals surface area contributed by atoms with Crippen molar-refractivity contribution < 1.29 is 19.1 Å². The molecule has 20 heavy (non-hydrogen) atoms. The van der Waals surface area contributed by atoms with E-state index < -0.39 is 0 Å². The normalized spacial score (nSPS) is 10.2. The lowest BCUT2D eigenvalue weighted by Gasteiger charge is -2.06. The van der Waals surface area contributed by atoms with Crippen molar-refractivity contribution in [2.75, 3.05) is 33.0 Å². The zero-order valence-electron chi connectivity index (χ0n) is 12.9. The molecule has 1 amide bonds. The first-order valence-electron chi connectivity index (χ1n) is 7.13. The van der Waals surface area contributed by atoms with Crippen LogP contribution in [0.15, 0.2) is 11.6 Å². The van der Waals surface area contributed by atoms with Crippen LogP contribution in [0.1, 0.15) is 40.0 Å². The molecule has 0 radical (unpaired) electrons. The number of hydrogen-bond donors (Lipinski definition) is 1. The summed E-state index contributed by atoms with van der Waals surface area (Å²) < 4.78 is 10.6. The van der Waals surface area contributed by atoms with Crippen molar-refractivity contribution in [2.45, 2.75) is 40.0 Å². The van der Waals surface area contributed by atoms with Crippen LogP contribution in [-0.4, -0.2) is 44.7 Å². The van der Waals surface area contributed by atoms with Crippen molar-refractivity contribution in [3.63, 3.8) is 0 Å². The van der Waals surface area contributed by atoms with E-state index in [-0.39, 0.29) is 11.7 Å². The van der Waals surface area contributed by atoms with Crippen molar-refractivity contribution in [3.05, 3.63) is 11.6 Å². The average Bonchev–Trinajstić information content (AvgIpc) is 2.42. The molecule has 1 N–H and O–H groups in total. The summed E-state index contributed by atoms with van der Waals surface area (Å²) in [5.41, 5.74) is 1.13. The molecule has 0 aromatic carbocycles. The molecule has 0 bridgehead atoms. The van der Waals surface area contributed by atoms with E-state index in [0.29, 0.717) is 52.2 Å². The molecule has 5 heteroatoms. The topological polar surface area (TPSA) is 64.6 Å². The van der Waals surface area contributed by atoms with Crippen LogP contribution >= 0.6 is 0 Å². The first-order chi connectivity index (χ1) is 9.56. The smallest absolute Gasteiger partial charge is 0.223 e. The van der Waals surface area contributed by atoms with Gasteiger partial charge in [-0.05, 0) is 13.8 Å². The van der Waals surface area contributed by atoms with Crippen molar-refractivity contribution in [2.24, 2.45) is 0 Å². The van der Waals surface area contributed by atoms with Gasteiger partial charge in [0.15, 0.2) is 0 Å². The molecule has 0 aromatic rings. The fraction of sp³-hybridized carbons (Fsp3) is 0.733. The Kier molecular flexibility index (Phi) is 12.0. The third-order valence-corrected chi connectivity index (χ3v) is 2.56. The molecule has 0 aliphatic rings. The fourth-order valence-corrected chi connectivity index (χ4v) is 1.32. The third-order valence-electron chi connectivity index (χ3n) is 2.56. The van der Waals surface area contributed by atoms with Gasteiger partial charge in [-0.3, -0.25) is 9.59 Å². The minimum atomic E-state index is 0.00382. The van der Waals surface area contributed by atoms with E-state index in [1.165, 1.54) is 0 Å². The molecule has 0 aliphatic heterocycles. The number of carbonyl (C=O) groups excluding carboxylic acids is 2. The summed E-state index contributed by atoms with van der Waals surface area (Å²) in [4.78, 5) is 22.3. The van der Waals surface area contributed by atoms with Crippen LogP contribution in [0.5, 0.6) is 0 Å². The zero-order valence-corrected chi connectivity index (χ0v) is 12.9. The number of allylic oxidation sites excluding steroid dienone is 1. The van der Waals surface area contributed by atoms with Crippen LogP contribution in [0.2, 0.25) is 0 Å². The molecule has 0 aliphatic carbocycles. The van der Waals surface area contributed by atoms with E-state index in [4.69, 9.17) is 9.47 Å². The van der Waals surface area contributed by atoms with Crippen LogP contribution in [-0.2, 0) is 19.1 Å². The van der Waals surface area contributed by atoms with E-state index in [2.05, 4.69) is 5.32 Å². The van der Waals surface area contributed by atoms with Gasteiger partial charge in [-0.25, -0.2) is 0 Å². The Balaban J connectivity index is 3.26. The minimum Gasteiger partial charge on any atom is -0.379 e. The molecule has 0 heterocycles. The zero-order chi connectivity index (χ0) is 15.2. The lowest BCUT2D eigenvalue weighted by Crippen LogP contribution is -2.27. The highest BCUT2D eigenvalue weighted by molar-refractivity contribution is 5.78. The van der Waals surface area contributed by atoms with Crippen molar-refractivity contribution in [1.82, 2.24) is 5.32 Å². The second kappa shape index (κ2) is 12.8. The average molecular weight is 285 g/mol. The molecule has 0 saturated carbocycles. The van der Waals surface area contributed by atoms with Crippen LogP contribution in [0.3, 0.4) is 0 Å². The summed E-state index contributed by atoms with van der Waals surface area (Å²) in [5, 5.41) is 2.77. The summed E-state index contributed by atoms with van der Waals surface area (Å²) in [6, 6.07) is 0. The highest BCUT2D eigenvalue weighted by Gasteiger charge is 1.99. The van der Waals surface area contributed by atoms with Crippen LogP contribution < -0.4 is 5.32 Å². The monoisotopic (exact) mass is 285 g/mol. The maximum Gasteiger partial charge on any atom is 0.223 e. The number of amides is 1. The second-order valence-electron chi connectivity index (χ2n) is 4.70. The summed E-state index contributed by atoms with van der Waals surface area (Å²) in [6.07, 6.45) is 3.34. The second-order valence-corrected chi connectivity index (χ2v) is 4.70. The Morgan fingerprint density at radius 1 is 1.05 bits per heavy atom. The van der Waals surface area contributed by atoms with E-state index in [0.717, 1.165) is 5.57 Å². The van der Waals surface area contributed by atoms with Gasteiger partial charge < -0.3 is 14.8 Å². The highest BCUT2D eigenvalue weighted by Crippen LogP contribution is 1.92. The lowest BCUT2D eigenvalue weighted by atomic mass is 10.2. The summed E-state index contributed by atoms with van der Waals surface area (Å²) in [6.45, 7) is 8.15. The van der Waals surface area contributed by atoms with Crippen molar-refractivity contribution >= 4 is 11.7 Å². The Hall–Kier alpha value is -1.20. The first-order valence-corrected chi connectivity index (χ1v) is 7.13. The molecule has 0 aromatic heterocycles. The number of ketones is 1. The summed E-state index contributed by atoms with van der Waals surface area (Å²) >= 11 is 0. The van der Waals surface area contributed by atoms with Gasteiger partial charge in [0.2, 0.25) is 5.91 Å². The van der Waals surface area contributed by atoms with Crippen molar-refractivity contribution in [3.8, 4) is 0 Å². The quantitative estimate of drug-likeness (QED) is 0.439. The van der Waals surface area contributed by atoms with E-state index in [1.54, 1.807) is 0 Å². The fourth-order valence-electron chi connectivity index (χ4n) is 1.32. The minimum absolute atomic E-state index is 0.00382. The van der Waals surface area contributed by atoms with Gasteiger partial charge in [0.25, 0.3) is 0 Å². The molecular formula is C15H27NO4. The molecular weight excluding hydrogens is 258 g/mol. The maximum atomic E-state index is 11.3. The maximum absolute atomic E-state index is 11.3. The number of hydrogen-bond acceptors (Lipinski definition) is 4. The van der Waals surface area contributed by atoms with Gasteiger partial charge in [-0.2, -0.15) is 0 Å². The van der Waals surface area contributed by atoms with Crippen molar-refractivity contribution in [1.29, 1.82) is 0 Å². The van der Waals surface area contributed by atoms with E-state index in [1.807, 2.05) is 26.8 Å². The SMILES string of the molecule is CCC(=O)CCOCCOCCNC(=O)CC=C(C)C. The van der Waals surface area contributed by atoms with E-state index in [9.17, 15) is 9.59 Å². The Morgan fingerprint density at radius 2 is 1.70 bits per heavy atom. The predicted octanol–water partition coefficient (Wildman–Crippen LogP) is 1.86. The Labute approximate surface area is 121 Å². The molecule has 0 rings (SSSR count). The standard InChI is InChI=1S/C15H27NO4/c1-4-14(17)7-9-19-11-12-20-10-8-16-15(18)6-5-13(2)3/h5H,4,6-12H2,1-3H3,(H,16,18). The summed E-state index contributed by atoms with van der Waals surface area (Å²) in [5.74, 6) is 0.217. The van der Waals surface area contributed by atoms with Gasteiger partial charge in [-0.15, -0.1) is 0 Å². The van der Waals surface area contributed by atoms with Gasteiger partial charge in [0.1, 0.15) is 5.78 Å². The van der Waals surface area contributed by atoms with Gasteiger partial charge in [0, 0.05) is 25.8 Å². The molecule has 0 unspecified atom stereocenters. The molecule has 0 atom stereocenters. The number of ether oxygens (including phenoxy) is 2. The number of carbonyl (C=O) groups is 2. The van der Waals surface area contributed by atoms with Gasteiger partial charge in [0.05, 0.1) is 26.4 Å². The number of rotatable bonds is 12. The van der Waals surface area contributed by atoms with Crippen LogP contribution in [0.4, 0.5) is 0 Å². The van der Waals surface area contributed by atoms with Gasteiger partial charge >= 0.3 is 0 Å². The molecule has 0 spiro atoms. The molecule has 116 valence electrons. The first kappa shape index (κ1) is 18.8. The Morgan fingerprint density at radius 3 is 2.30 bits per heavy atom. The number of nitrogens with one attached hydrogen (secondary N) is 1. The van der Waals surface area contributed by atoms with Crippen LogP contribution in [0.25, 0.3) is 0 Å². The van der Waals surface area contributed by atoms with E-state index >= 15 is 0 Å². The predicted molar refractivity (Wildman–Crippen MR) is 78.6 cm³/mol. The Bertz CT molecular complexity index is 309. The van der Waals surface area contributed by atoms with Gasteiger partial charge in [-0.1, -0.05) is 18.6 Å². The molecule has 5 nitrogen and oxygen atoms in total. The lowest BCUT2D eigenvalue weighted by molar-refractivity contribution is -0.120. The largest absolute Gasteiger partial charge is 0.379 e. The number of Topliss-reactive ketones (excluding diaryl/α,β-unsaturated/α-hetero) is 1. The molecule has 0 fully saturated rings. The molecule has 0 saturated heterocycles. The highest BCUT2D eigenvalue weighted by atomic mass is 16.5.